The van der Waals surface area contributed by atoms with Crippen LogP contribution >= 0.6 is 0 Å². The second-order valence-corrected chi connectivity index (χ2v) is 3.10. The number of hydrogen-bond acceptors (Lipinski definition) is 5. The summed E-state index contributed by atoms with van der Waals surface area (Å²) < 4.78 is 0. The maximum absolute atomic E-state index is 9.43. The minimum Gasteiger partial charge on any atom is -0.395 e. The van der Waals surface area contributed by atoms with Gasteiger partial charge < -0.3 is 26.0 Å². The van der Waals surface area contributed by atoms with Crippen molar-refractivity contribution in [1.82, 2.24) is 10.6 Å². The largest absolute Gasteiger partial charge is 0.395 e. The van der Waals surface area contributed by atoms with E-state index in [4.69, 9.17) is 5.11 Å². The Kier molecular flexibility index (Phi) is 3.42. The number of aliphatic hydroxyl groups is 3. The standard InChI is InChI=1S/C7H16N2O3/c1-8-2-4-6(11)7(12)5(3-10)9-4/h4-12H,2-3H2,1H3/t4-,5-,6-,7+/m1/s1. The van der Waals surface area contributed by atoms with Crippen molar-refractivity contribution >= 4 is 0 Å². The van der Waals surface area contributed by atoms with E-state index >= 15 is 0 Å². The molecule has 1 heterocycles. The molecule has 0 aliphatic carbocycles. The molecule has 1 aliphatic rings. The number of aliphatic hydroxyl groups excluding tert-OH is 3. The van der Waals surface area contributed by atoms with Gasteiger partial charge in [-0.25, -0.2) is 0 Å². The quantitative estimate of drug-likeness (QED) is 0.322. The summed E-state index contributed by atoms with van der Waals surface area (Å²) in [5.74, 6) is 0. The van der Waals surface area contributed by atoms with Crippen LogP contribution in [0.15, 0.2) is 0 Å². The van der Waals surface area contributed by atoms with Crippen molar-refractivity contribution in [3.63, 3.8) is 0 Å². The highest BCUT2D eigenvalue weighted by Gasteiger charge is 2.39. The highest BCUT2D eigenvalue weighted by atomic mass is 16.3. The molecule has 5 nitrogen and oxygen atoms in total. The Hall–Kier alpha value is -0.200. The van der Waals surface area contributed by atoms with Crippen molar-refractivity contribution in [3.05, 3.63) is 0 Å². The molecule has 0 aromatic heterocycles. The van der Waals surface area contributed by atoms with E-state index in [0.29, 0.717) is 6.54 Å². The molecule has 0 bridgehead atoms. The van der Waals surface area contributed by atoms with E-state index in [2.05, 4.69) is 10.6 Å². The smallest absolute Gasteiger partial charge is 0.0989 e. The second-order valence-electron chi connectivity index (χ2n) is 3.10. The summed E-state index contributed by atoms with van der Waals surface area (Å²) in [5, 5.41) is 33.4. The minimum absolute atomic E-state index is 0.154. The predicted octanol–water partition coefficient (Wildman–Crippen LogP) is -2.74. The van der Waals surface area contributed by atoms with Crippen LogP contribution in [-0.2, 0) is 0 Å². The van der Waals surface area contributed by atoms with Crippen molar-refractivity contribution in [3.8, 4) is 0 Å². The zero-order valence-electron chi connectivity index (χ0n) is 7.07. The summed E-state index contributed by atoms with van der Waals surface area (Å²) in [6, 6.07) is -0.583. The Labute approximate surface area is 71.4 Å². The first-order chi connectivity index (χ1) is 5.70. The number of hydrogen-bond donors (Lipinski definition) is 5. The van der Waals surface area contributed by atoms with Gasteiger partial charge in [0, 0.05) is 12.6 Å². The van der Waals surface area contributed by atoms with Gasteiger partial charge in [-0.05, 0) is 7.05 Å². The monoisotopic (exact) mass is 176 g/mol. The lowest BCUT2D eigenvalue weighted by Gasteiger charge is -2.14. The molecule has 0 aromatic carbocycles. The third-order valence-electron chi connectivity index (χ3n) is 2.22. The molecule has 1 saturated heterocycles. The summed E-state index contributed by atoms with van der Waals surface area (Å²) in [6.45, 7) is 0.424. The molecule has 1 fully saturated rings. The SMILES string of the molecule is CNC[C@H]1N[C@H](CO)[C@H](O)[C@@H]1O. The highest BCUT2D eigenvalue weighted by molar-refractivity contribution is 4.98. The van der Waals surface area contributed by atoms with Gasteiger partial charge in [0.15, 0.2) is 0 Å². The van der Waals surface area contributed by atoms with E-state index < -0.39 is 18.2 Å². The lowest BCUT2D eigenvalue weighted by Crippen LogP contribution is -2.41. The molecule has 1 aliphatic heterocycles. The Bertz CT molecular complexity index is 145. The van der Waals surface area contributed by atoms with Crippen LogP contribution < -0.4 is 10.6 Å². The first-order valence-electron chi connectivity index (χ1n) is 4.08. The molecule has 0 unspecified atom stereocenters. The molecule has 0 saturated carbocycles. The van der Waals surface area contributed by atoms with Crippen LogP contribution in [0.3, 0.4) is 0 Å². The van der Waals surface area contributed by atoms with Gasteiger partial charge in [-0.3, -0.25) is 0 Å². The molecule has 1 rings (SSSR count). The molecule has 5 N–H and O–H groups in total. The van der Waals surface area contributed by atoms with Crippen LogP contribution in [0.2, 0.25) is 0 Å². The molecule has 4 atom stereocenters. The van der Waals surface area contributed by atoms with Crippen molar-refractivity contribution in [2.45, 2.75) is 24.3 Å². The van der Waals surface area contributed by atoms with E-state index in [0.717, 1.165) is 0 Å². The van der Waals surface area contributed by atoms with Crippen LogP contribution in [0.5, 0.6) is 0 Å². The fourth-order valence-electron chi connectivity index (χ4n) is 1.51. The normalized spacial score (nSPS) is 42.0. The third kappa shape index (κ3) is 1.75. The second kappa shape index (κ2) is 4.15. The molecule has 0 radical (unpaired) electrons. The van der Waals surface area contributed by atoms with Gasteiger partial charge >= 0.3 is 0 Å². The average Bonchev–Trinajstić information content (AvgIpc) is 2.33. The summed E-state index contributed by atoms with van der Waals surface area (Å²) in [4.78, 5) is 0. The minimum atomic E-state index is -0.867. The van der Waals surface area contributed by atoms with Crippen molar-refractivity contribution in [2.24, 2.45) is 0 Å². The molecule has 0 aromatic rings. The van der Waals surface area contributed by atoms with Gasteiger partial charge in [0.1, 0.15) is 0 Å². The average molecular weight is 176 g/mol. The van der Waals surface area contributed by atoms with Gasteiger partial charge in [-0.2, -0.15) is 0 Å². The first-order valence-corrected chi connectivity index (χ1v) is 4.08. The Morgan fingerprint density at radius 3 is 2.25 bits per heavy atom. The summed E-state index contributed by atoms with van der Waals surface area (Å²) in [5.41, 5.74) is 0. The summed E-state index contributed by atoms with van der Waals surface area (Å²) >= 11 is 0. The molecule has 0 spiro atoms. The van der Waals surface area contributed by atoms with Crippen LogP contribution in [0.4, 0.5) is 0 Å². The van der Waals surface area contributed by atoms with Gasteiger partial charge in [-0.1, -0.05) is 0 Å². The lowest BCUT2D eigenvalue weighted by molar-refractivity contribution is 0.0199. The number of rotatable bonds is 3. The zero-order valence-corrected chi connectivity index (χ0v) is 7.07. The topological polar surface area (TPSA) is 84.8 Å². The lowest BCUT2D eigenvalue weighted by atomic mass is 10.1. The van der Waals surface area contributed by atoms with E-state index in [1.54, 1.807) is 7.05 Å². The molecular formula is C7H16N2O3. The van der Waals surface area contributed by atoms with E-state index in [1.807, 2.05) is 0 Å². The van der Waals surface area contributed by atoms with Gasteiger partial charge in [0.2, 0.25) is 0 Å². The Balaban J connectivity index is 2.48. The summed E-state index contributed by atoms with van der Waals surface area (Å²) in [7, 11) is 1.77. The fourth-order valence-corrected chi connectivity index (χ4v) is 1.51. The Morgan fingerprint density at radius 1 is 1.25 bits per heavy atom. The molecule has 0 amide bonds. The molecule has 12 heavy (non-hydrogen) atoms. The van der Waals surface area contributed by atoms with Crippen molar-refractivity contribution in [1.29, 1.82) is 0 Å². The number of likely N-dealkylation sites (N-methyl/N-ethyl adjacent to an activating group) is 1. The highest BCUT2D eigenvalue weighted by Crippen LogP contribution is 2.13. The summed E-state index contributed by atoms with van der Waals surface area (Å²) in [6.07, 6.45) is -1.66. The Morgan fingerprint density at radius 2 is 1.83 bits per heavy atom. The van der Waals surface area contributed by atoms with Crippen molar-refractivity contribution < 1.29 is 15.3 Å². The fraction of sp³-hybridized carbons (Fsp3) is 1.00. The molecule has 72 valence electrons. The van der Waals surface area contributed by atoms with Crippen LogP contribution in [-0.4, -0.2) is 59.8 Å². The maximum Gasteiger partial charge on any atom is 0.0989 e. The maximum atomic E-state index is 9.43. The van der Waals surface area contributed by atoms with Gasteiger partial charge in [0.05, 0.1) is 24.9 Å². The van der Waals surface area contributed by atoms with Crippen LogP contribution in [0.25, 0.3) is 0 Å². The van der Waals surface area contributed by atoms with Crippen LogP contribution in [0, 0.1) is 0 Å². The van der Waals surface area contributed by atoms with Gasteiger partial charge in [-0.15, -0.1) is 0 Å². The van der Waals surface area contributed by atoms with Crippen molar-refractivity contribution in [2.75, 3.05) is 20.2 Å². The van der Waals surface area contributed by atoms with Crippen LogP contribution in [0.1, 0.15) is 0 Å². The zero-order chi connectivity index (χ0) is 9.14. The number of nitrogens with one attached hydrogen (secondary N) is 2. The van der Waals surface area contributed by atoms with E-state index in [-0.39, 0.29) is 12.6 Å². The van der Waals surface area contributed by atoms with Gasteiger partial charge in [0.25, 0.3) is 0 Å². The third-order valence-corrected chi connectivity index (χ3v) is 2.22. The molecule has 5 heteroatoms. The first kappa shape index (κ1) is 9.88. The predicted molar refractivity (Wildman–Crippen MR) is 43.7 cm³/mol. The molecular weight excluding hydrogens is 160 g/mol. The van der Waals surface area contributed by atoms with E-state index in [9.17, 15) is 10.2 Å². The van der Waals surface area contributed by atoms with E-state index in [1.165, 1.54) is 0 Å².